The predicted octanol–water partition coefficient (Wildman–Crippen LogP) is 0.798. The van der Waals surface area contributed by atoms with E-state index in [1.165, 1.54) is 29.8 Å². The van der Waals surface area contributed by atoms with Gasteiger partial charge in [-0.3, -0.25) is 4.72 Å². The van der Waals surface area contributed by atoms with Crippen molar-refractivity contribution in [1.82, 2.24) is 9.97 Å². The van der Waals surface area contributed by atoms with Crippen LogP contribution in [-0.4, -0.2) is 18.4 Å². The molecule has 0 fully saturated rings. The number of thiazole rings is 1. The smallest absolute Gasteiger partial charge is 0.281 e. The lowest BCUT2D eigenvalue weighted by atomic mass is 10.3. The number of nitrogens with two attached hydrogens (primary N) is 1. The minimum absolute atomic E-state index is 0.0510. The zero-order chi connectivity index (χ0) is 12.3. The Morgan fingerprint density at radius 3 is 2.71 bits per heavy atom. The van der Waals surface area contributed by atoms with E-state index in [0.29, 0.717) is 11.7 Å². The third kappa shape index (κ3) is 2.78. The highest BCUT2D eigenvalue weighted by Crippen LogP contribution is 2.16. The molecule has 0 aliphatic heterocycles. The van der Waals surface area contributed by atoms with E-state index < -0.39 is 10.0 Å². The van der Waals surface area contributed by atoms with E-state index in [0.717, 1.165) is 5.56 Å². The van der Waals surface area contributed by atoms with Crippen LogP contribution < -0.4 is 10.5 Å². The Kier molecular flexibility index (Phi) is 3.36. The standard InChI is InChI=1S/C9H10N4O2S2/c10-5-7-1-2-8(12-6-7)17(14,15)13-9-11-3-4-16-9/h1-4,6H,5,10H2,(H,11,13). The zero-order valence-electron chi connectivity index (χ0n) is 8.70. The van der Waals surface area contributed by atoms with Gasteiger partial charge in [0.15, 0.2) is 10.2 Å². The average molecular weight is 270 g/mol. The van der Waals surface area contributed by atoms with Crippen LogP contribution in [0.1, 0.15) is 5.56 Å². The molecule has 0 saturated carbocycles. The van der Waals surface area contributed by atoms with E-state index in [1.807, 2.05) is 0 Å². The van der Waals surface area contributed by atoms with Gasteiger partial charge in [0.25, 0.3) is 10.0 Å². The van der Waals surface area contributed by atoms with Crippen molar-refractivity contribution in [3.8, 4) is 0 Å². The van der Waals surface area contributed by atoms with Crippen LogP contribution in [0.5, 0.6) is 0 Å². The topological polar surface area (TPSA) is 98.0 Å². The highest BCUT2D eigenvalue weighted by Gasteiger charge is 2.16. The van der Waals surface area contributed by atoms with Gasteiger partial charge in [-0.2, -0.15) is 8.42 Å². The summed E-state index contributed by atoms with van der Waals surface area (Å²) in [6, 6.07) is 3.04. The van der Waals surface area contributed by atoms with Crippen molar-refractivity contribution in [1.29, 1.82) is 0 Å². The first-order chi connectivity index (χ1) is 8.12. The Labute approximate surface area is 103 Å². The van der Waals surface area contributed by atoms with Gasteiger partial charge in [0.2, 0.25) is 0 Å². The lowest BCUT2D eigenvalue weighted by Gasteiger charge is -2.04. The molecule has 6 nitrogen and oxygen atoms in total. The second kappa shape index (κ2) is 4.78. The number of sulfonamides is 1. The van der Waals surface area contributed by atoms with Gasteiger partial charge in [0.1, 0.15) is 0 Å². The molecule has 0 spiro atoms. The number of anilines is 1. The molecule has 90 valence electrons. The molecule has 0 aliphatic rings. The highest BCUT2D eigenvalue weighted by molar-refractivity contribution is 7.92. The van der Waals surface area contributed by atoms with E-state index in [9.17, 15) is 8.42 Å². The number of pyridine rings is 1. The molecule has 0 aliphatic carbocycles. The van der Waals surface area contributed by atoms with Crippen molar-refractivity contribution in [2.75, 3.05) is 4.72 Å². The first kappa shape index (κ1) is 12.0. The predicted molar refractivity (Wildman–Crippen MR) is 65.1 cm³/mol. The summed E-state index contributed by atoms with van der Waals surface area (Å²) >= 11 is 1.20. The van der Waals surface area contributed by atoms with Gasteiger partial charge in [-0.1, -0.05) is 6.07 Å². The monoisotopic (exact) mass is 270 g/mol. The Balaban J connectivity index is 2.25. The quantitative estimate of drug-likeness (QED) is 0.856. The number of aromatic nitrogens is 2. The minimum Gasteiger partial charge on any atom is -0.326 e. The molecule has 2 aromatic rings. The molecule has 0 aromatic carbocycles. The van der Waals surface area contributed by atoms with Crippen LogP contribution in [0.25, 0.3) is 0 Å². The number of nitrogens with one attached hydrogen (secondary N) is 1. The van der Waals surface area contributed by atoms with Crippen molar-refractivity contribution in [3.05, 3.63) is 35.5 Å². The maximum atomic E-state index is 11.9. The number of hydrogen-bond donors (Lipinski definition) is 2. The number of rotatable bonds is 4. The largest absolute Gasteiger partial charge is 0.326 e. The molecule has 0 bridgehead atoms. The molecule has 0 atom stereocenters. The van der Waals surface area contributed by atoms with Gasteiger partial charge in [0, 0.05) is 24.3 Å². The van der Waals surface area contributed by atoms with Crippen LogP contribution in [0.3, 0.4) is 0 Å². The van der Waals surface area contributed by atoms with Crippen molar-refractivity contribution < 1.29 is 8.42 Å². The zero-order valence-corrected chi connectivity index (χ0v) is 10.3. The number of nitrogens with zero attached hydrogens (tertiary/aromatic N) is 2. The summed E-state index contributed by atoms with van der Waals surface area (Å²) in [5, 5.41) is 1.95. The SMILES string of the molecule is NCc1ccc(S(=O)(=O)Nc2nccs2)nc1. The third-order valence-corrected chi connectivity index (χ3v) is 4.03. The van der Waals surface area contributed by atoms with Crippen molar-refractivity contribution in [3.63, 3.8) is 0 Å². The van der Waals surface area contributed by atoms with Crippen LogP contribution in [0.15, 0.2) is 34.9 Å². The Hall–Kier alpha value is -1.51. The Bertz CT molecular complexity index is 578. The molecular weight excluding hydrogens is 260 g/mol. The van der Waals surface area contributed by atoms with Gasteiger partial charge in [-0.05, 0) is 11.6 Å². The van der Waals surface area contributed by atoms with Gasteiger partial charge in [-0.25, -0.2) is 9.97 Å². The average Bonchev–Trinajstić information content (AvgIpc) is 2.81. The molecule has 2 heterocycles. The summed E-state index contributed by atoms with van der Waals surface area (Å²) in [6.45, 7) is 0.327. The van der Waals surface area contributed by atoms with Crippen LogP contribution in [0.4, 0.5) is 5.13 Å². The Morgan fingerprint density at radius 2 is 2.18 bits per heavy atom. The summed E-state index contributed by atoms with van der Waals surface area (Å²) in [5.74, 6) is 0. The van der Waals surface area contributed by atoms with E-state index >= 15 is 0 Å². The van der Waals surface area contributed by atoms with E-state index in [-0.39, 0.29) is 5.03 Å². The summed E-state index contributed by atoms with van der Waals surface area (Å²) in [7, 11) is -3.66. The molecule has 0 radical (unpaired) electrons. The molecule has 17 heavy (non-hydrogen) atoms. The first-order valence-electron chi connectivity index (χ1n) is 4.69. The van der Waals surface area contributed by atoms with Crippen LogP contribution >= 0.6 is 11.3 Å². The van der Waals surface area contributed by atoms with Gasteiger partial charge in [0.05, 0.1) is 0 Å². The molecule has 8 heteroatoms. The fourth-order valence-corrected chi connectivity index (χ4v) is 2.85. The third-order valence-electron chi connectivity index (χ3n) is 1.96. The second-order valence-electron chi connectivity index (χ2n) is 3.15. The summed E-state index contributed by atoms with van der Waals surface area (Å²) < 4.78 is 26.1. The molecular formula is C9H10N4O2S2. The van der Waals surface area contributed by atoms with E-state index in [2.05, 4.69) is 14.7 Å². The van der Waals surface area contributed by atoms with Crippen LogP contribution in [0.2, 0.25) is 0 Å². The van der Waals surface area contributed by atoms with Crippen molar-refractivity contribution >= 4 is 26.5 Å². The normalized spacial score (nSPS) is 11.4. The summed E-state index contributed by atoms with van der Waals surface area (Å²) in [5.41, 5.74) is 6.18. The Morgan fingerprint density at radius 1 is 1.35 bits per heavy atom. The molecule has 2 aromatic heterocycles. The molecule has 3 N–H and O–H groups in total. The van der Waals surface area contributed by atoms with Gasteiger partial charge in [-0.15, -0.1) is 11.3 Å². The maximum absolute atomic E-state index is 11.9. The summed E-state index contributed by atoms with van der Waals surface area (Å²) in [4.78, 5) is 7.69. The first-order valence-corrected chi connectivity index (χ1v) is 7.05. The number of hydrogen-bond acceptors (Lipinski definition) is 6. The van der Waals surface area contributed by atoms with Crippen LogP contribution in [-0.2, 0) is 16.6 Å². The highest BCUT2D eigenvalue weighted by atomic mass is 32.2. The van der Waals surface area contributed by atoms with Crippen molar-refractivity contribution in [2.45, 2.75) is 11.6 Å². The minimum atomic E-state index is -3.66. The van der Waals surface area contributed by atoms with Gasteiger partial charge >= 0.3 is 0 Å². The van der Waals surface area contributed by atoms with E-state index in [4.69, 9.17) is 5.73 Å². The molecule has 0 saturated heterocycles. The molecule has 0 unspecified atom stereocenters. The lowest BCUT2D eigenvalue weighted by molar-refractivity contribution is 0.597. The fraction of sp³-hybridized carbons (Fsp3) is 0.111. The fourth-order valence-electron chi connectivity index (χ4n) is 1.13. The molecule has 2 rings (SSSR count). The van der Waals surface area contributed by atoms with Crippen molar-refractivity contribution in [2.24, 2.45) is 5.73 Å². The second-order valence-corrected chi connectivity index (χ2v) is 5.68. The van der Waals surface area contributed by atoms with Gasteiger partial charge < -0.3 is 5.73 Å². The lowest BCUT2D eigenvalue weighted by Crippen LogP contribution is -2.14. The maximum Gasteiger partial charge on any atom is 0.281 e. The van der Waals surface area contributed by atoms with E-state index in [1.54, 1.807) is 11.4 Å². The molecule has 0 amide bonds. The van der Waals surface area contributed by atoms with Crippen LogP contribution in [0, 0.1) is 0 Å². The summed E-state index contributed by atoms with van der Waals surface area (Å²) in [6.07, 6.45) is 2.96.